The molecule has 0 spiro atoms. The number of amides is 1. The Kier molecular flexibility index (Phi) is 7.46. The number of rotatable bonds is 7. The number of carbonyl (C=O) groups excluding carboxylic acids is 1. The Morgan fingerprint density at radius 1 is 1.11 bits per heavy atom. The van der Waals surface area contributed by atoms with Crippen molar-refractivity contribution in [3.8, 4) is 11.3 Å². The van der Waals surface area contributed by atoms with Gasteiger partial charge in [0.25, 0.3) is 0 Å². The molecule has 9 heteroatoms. The normalized spacial score (nSPS) is 17.1. The van der Waals surface area contributed by atoms with Gasteiger partial charge < -0.3 is 20.0 Å². The third-order valence-corrected chi connectivity index (χ3v) is 7.21. The lowest BCUT2D eigenvalue weighted by atomic mass is 10.0. The van der Waals surface area contributed by atoms with Crippen LogP contribution in [0, 0.1) is 6.92 Å². The lowest BCUT2D eigenvalue weighted by Gasteiger charge is -2.26. The summed E-state index contributed by atoms with van der Waals surface area (Å²) in [5.74, 6) is 1.21. The number of thiocarbonyl (C=S) groups is 1. The molecule has 1 aliphatic heterocycles. The molecule has 0 radical (unpaired) electrons. The van der Waals surface area contributed by atoms with E-state index in [0.29, 0.717) is 33.2 Å². The highest BCUT2D eigenvalue weighted by Gasteiger charge is 2.41. The first kappa shape index (κ1) is 25.3. The molecule has 0 bridgehead atoms. The maximum Gasteiger partial charge on any atom is 0.226 e. The summed E-state index contributed by atoms with van der Waals surface area (Å²) in [6, 6.07) is 21.9. The predicted octanol–water partition coefficient (Wildman–Crippen LogP) is 6.96. The van der Waals surface area contributed by atoms with Crippen LogP contribution in [0.25, 0.3) is 11.3 Å². The number of carbonyl (C=O) groups is 1. The van der Waals surface area contributed by atoms with Crippen LogP contribution in [0.1, 0.15) is 35.5 Å². The first-order chi connectivity index (χ1) is 17.9. The molecule has 5 rings (SSSR count). The van der Waals surface area contributed by atoms with E-state index in [1.165, 1.54) is 0 Å². The number of furan rings is 1. The van der Waals surface area contributed by atoms with Crippen molar-refractivity contribution in [3.63, 3.8) is 0 Å². The zero-order valence-corrected chi connectivity index (χ0v) is 22.3. The summed E-state index contributed by atoms with van der Waals surface area (Å²) in [6.07, 6.45) is 1.99. The van der Waals surface area contributed by atoms with Gasteiger partial charge in [-0.25, -0.2) is 0 Å². The van der Waals surface area contributed by atoms with Gasteiger partial charge in [-0.15, -0.1) is 0 Å². The average molecular weight is 551 g/mol. The minimum atomic E-state index is -0.312. The van der Waals surface area contributed by atoms with Crippen molar-refractivity contribution in [2.45, 2.75) is 25.4 Å². The van der Waals surface area contributed by atoms with Gasteiger partial charge in [0.2, 0.25) is 5.91 Å². The highest BCUT2D eigenvalue weighted by atomic mass is 35.5. The Balaban J connectivity index is 1.42. The lowest BCUT2D eigenvalue weighted by molar-refractivity contribution is -0.116. The molecule has 2 aromatic heterocycles. The Morgan fingerprint density at radius 3 is 2.68 bits per heavy atom. The van der Waals surface area contributed by atoms with Gasteiger partial charge in [-0.1, -0.05) is 47.5 Å². The SMILES string of the molecule is Cc1ccccc1NC(=O)CCN1C(=S)N[C@H](c2ccccn2)[C@@H]1c1ccc(-c2ccc(Cl)cc2Cl)o1. The van der Waals surface area contributed by atoms with E-state index in [1.54, 1.807) is 18.3 Å². The van der Waals surface area contributed by atoms with Crippen LogP contribution in [0.3, 0.4) is 0 Å². The molecule has 0 unspecified atom stereocenters. The van der Waals surface area contributed by atoms with Crippen LogP contribution in [0.15, 0.2) is 83.4 Å². The quantitative estimate of drug-likeness (QED) is 0.242. The van der Waals surface area contributed by atoms with Gasteiger partial charge in [-0.2, -0.15) is 0 Å². The minimum Gasteiger partial charge on any atom is -0.459 e. The molecular weight excluding hydrogens is 527 g/mol. The number of aromatic nitrogens is 1. The molecule has 1 aliphatic rings. The molecule has 0 saturated carbocycles. The van der Waals surface area contributed by atoms with Crippen LogP contribution >= 0.6 is 35.4 Å². The van der Waals surface area contributed by atoms with E-state index in [9.17, 15) is 4.79 Å². The van der Waals surface area contributed by atoms with E-state index in [-0.39, 0.29) is 24.4 Å². The maximum atomic E-state index is 12.8. The number of anilines is 1. The van der Waals surface area contributed by atoms with Gasteiger partial charge in [-0.3, -0.25) is 9.78 Å². The van der Waals surface area contributed by atoms with Crippen LogP contribution < -0.4 is 10.6 Å². The molecule has 37 heavy (non-hydrogen) atoms. The standard InChI is InChI=1S/C28H24Cl2N4O2S/c1-17-6-2-3-7-21(17)32-25(35)13-15-34-27(26(33-28(34)37)22-8-4-5-14-31-22)24-12-11-23(36-24)19-10-9-18(29)16-20(19)30/h2-12,14,16,26-27H,13,15H2,1H3,(H,32,35)(H,33,37)/t26-,27+/m1/s1. The lowest BCUT2D eigenvalue weighted by Crippen LogP contribution is -2.32. The molecule has 0 aliphatic carbocycles. The van der Waals surface area contributed by atoms with Crippen molar-refractivity contribution >= 4 is 52.1 Å². The number of nitrogens with one attached hydrogen (secondary N) is 2. The van der Waals surface area contributed by atoms with Gasteiger partial charge in [0.15, 0.2) is 5.11 Å². The maximum absolute atomic E-state index is 12.8. The number of benzene rings is 2. The summed E-state index contributed by atoms with van der Waals surface area (Å²) in [7, 11) is 0. The number of aryl methyl sites for hydroxylation is 1. The summed E-state index contributed by atoms with van der Waals surface area (Å²) in [6.45, 7) is 2.36. The van der Waals surface area contributed by atoms with Crippen molar-refractivity contribution < 1.29 is 9.21 Å². The zero-order valence-electron chi connectivity index (χ0n) is 19.9. The van der Waals surface area contributed by atoms with Gasteiger partial charge in [-0.05, 0) is 73.2 Å². The fraction of sp³-hybridized carbons (Fsp3) is 0.179. The molecule has 6 nitrogen and oxygen atoms in total. The average Bonchev–Trinajstić information content (AvgIpc) is 3.49. The molecule has 4 aromatic rings. The Labute approximate surface area is 230 Å². The van der Waals surface area contributed by atoms with E-state index in [0.717, 1.165) is 22.5 Å². The van der Waals surface area contributed by atoms with E-state index < -0.39 is 0 Å². The van der Waals surface area contributed by atoms with Crippen LogP contribution in [0.2, 0.25) is 10.0 Å². The second-order valence-electron chi connectivity index (χ2n) is 8.76. The van der Waals surface area contributed by atoms with E-state index in [1.807, 2.05) is 72.5 Å². The van der Waals surface area contributed by atoms with E-state index in [4.69, 9.17) is 39.8 Å². The molecule has 2 N–H and O–H groups in total. The second kappa shape index (κ2) is 10.9. The Hall–Kier alpha value is -3.39. The summed E-state index contributed by atoms with van der Waals surface area (Å²) in [4.78, 5) is 19.3. The first-order valence-electron chi connectivity index (χ1n) is 11.8. The second-order valence-corrected chi connectivity index (χ2v) is 9.99. The minimum absolute atomic E-state index is 0.0924. The zero-order chi connectivity index (χ0) is 25.9. The monoisotopic (exact) mass is 550 g/mol. The Morgan fingerprint density at radius 2 is 1.92 bits per heavy atom. The number of nitrogens with zero attached hydrogens (tertiary/aromatic N) is 2. The largest absolute Gasteiger partial charge is 0.459 e. The number of hydrogen-bond donors (Lipinski definition) is 2. The third-order valence-electron chi connectivity index (χ3n) is 6.31. The molecule has 1 fully saturated rings. The van der Waals surface area contributed by atoms with Crippen molar-refractivity contribution in [1.29, 1.82) is 0 Å². The summed E-state index contributed by atoms with van der Waals surface area (Å²) in [5, 5.41) is 7.96. The highest BCUT2D eigenvalue weighted by molar-refractivity contribution is 7.80. The highest BCUT2D eigenvalue weighted by Crippen LogP contribution is 2.41. The molecule has 1 saturated heterocycles. The van der Waals surface area contributed by atoms with Crippen LogP contribution in [0.4, 0.5) is 5.69 Å². The predicted molar refractivity (Wildman–Crippen MR) is 151 cm³/mol. The van der Waals surface area contributed by atoms with Crippen molar-refractivity contribution in [1.82, 2.24) is 15.2 Å². The smallest absolute Gasteiger partial charge is 0.226 e. The van der Waals surface area contributed by atoms with Gasteiger partial charge in [0.1, 0.15) is 17.6 Å². The molecule has 2 atom stereocenters. The van der Waals surface area contributed by atoms with Crippen molar-refractivity contribution in [3.05, 3.63) is 106 Å². The number of para-hydroxylation sites is 1. The van der Waals surface area contributed by atoms with Crippen molar-refractivity contribution in [2.75, 3.05) is 11.9 Å². The molecular formula is C28H24Cl2N4O2S. The number of pyridine rings is 1. The van der Waals surface area contributed by atoms with Gasteiger partial charge >= 0.3 is 0 Å². The fourth-order valence-corrected chi connectivity index (χ4v) is 5.28. The Bertz CT molecular complexity index is 1440. The third kappa shape index (κ3) is 5.49. The van der Waals surface area contributed by atoms with Crippen molar-refractivity contribution in [2.24, 2.45) is 0 Å². The van der Waals surface area contributed by atoms with Crippen LogP contribution in [-0.4, -0.2) is 27.4 Å². The number of halogens is 2. The van der Waals surface area contributed by atoms with Gasteiger partial charge in [0.05, 0.1) is 16.8 Å². The molecule has 3 heterocycles. The topological polar surface area (TPSA) is 70.4 Å². The number of hydrogen-bond acceptors (Lipinski definition) is 4. The van der Waals surface area contributed by atoms with E-state index in [2.05, 4.69) is 15.6 Å². The summed E-state index contributed by atoms with van der Waals surface area (Å²) in [5.41, 5.74) is 3.37. The molecule has 1 amide bonds. The van der Waals surface area contributed by atoms with Crippen LogP contribution in [0.5, 0.6) is 0 Å². The van der Waals surface area contributed by atoms with Gasteiger partial charge in [0, 0.05) is 35.4 Å². The first-order valence-corrected chi connectivity index (χ1v) is 13.0. The van der Waals surface area contributed by atoms with Crippen LogP contribution in [-0.2, 0) is 4.79 Å². The fourth-order valence-electron chi connectivity index (χ4n) is 4.45. The van der Waals surface area contributed by atoms with E-state index >= 15 is 0 Å². The molecule has 2 aromatic carbocycles. The molecule has 188 valence electrons. The summed E-state index contributed by atoms with van der Waals surface area (Å²) >= 11 is 18.2. The summed E-state index contributed by atoms with van der Waals surface area (Å²) < 4.78 is 6.33.